The number of halogens is 1. The lowest BCUT2D eigenvalue weighted by Crippen LogP contribution is -2.48. The van der Waals surface area contributed by atoms with E-state index in [9.17, 15) is 9.59 Å². The minimum atomic E-state index is -0.191. The van der Waals surface area contributed by atoms with Gasteiger partial charge in [0, 0.05) is 36.5 Å². The number of ether oxygens (including phenoxy) is 2. The first-order chi connectivity index (χ1) is 14.5. The van der Waals surface area contributed by atoms with E-state index in [2.05, 4.69) is 11.4 Å². The van der Waals surface area contributed by atoms with Crippen LogP contribution in [0.1, 0.15) is 29.8 Å². The van der Waals surface area contributed by atoms with Crippen molar-refractivity contribution in [2.24, 2.45) is 0 Å². The Bertz CT molecular complexity index is 855. The Labute approximate surface area is 186 Å². The van der Waals surface area contributed by atoms with Crippen molar-refractivity contribution in [3.05, 3.63) is 51.2 Å². The molecule has 1 aliphatic rings. The first-order valence-corrected chi connectivity index (χ1v) is 11.3. The van der Waals surface area contributed by atoms with Gasteiger partial charge in [-0.15, -0.1) is 11.3 Å². The highest BCUT2D eigenvalue weighted by Crippen LogP contribution is 2.34. The third-order valence-electron chi connectivity index (χ3n) is 5.18. The number of carbonyl (C=O) groups is 2. The molecule has 2 amide bonds. The monoisotopic (exact) mass is 450 g/mol. The van der Waals surface area contributed by atoms with Gasteiger partial charge in [0.1, 0.15) is 12.4 Å². The summed E-state index contributed by atoms with van der Waals surface area (Å²) in [4.78, 5) is 30.2. The van der Waals surface area contributed by atoms with E-state index in [1.807, 2.05) is 17.0 Å². The van der Waals surface area contributed by atoms with E-state index in [1.165, 1.54) is 4.88 Å². The first kappa shape index (κ1) is 22.6. The third-order valence-corrected chi connectivity index (χ3v) is 6.43. The second kappa shape index (κ2) is 10.8. The molecular weight excluding hydrogens is 424 g/mol. The number of hydrogen-bond acceptors (Lipinski definition) is 5. The SMILES string of the molecule is CCC(=O)N(CCOC)CC(=O)N1CCc2sccc2[C@H]1COc1ccc(Cl)cc1. The lowest BCUT2D eigenvalue weighted by Gasteiger charge is -2.37. The number of rotatable bonds is 9. The van der Waals surface area contributed by atoms with Crippen molar-refractivity contribution in [3.8, 4) is 5.75 Å². The predicted molar refractivity (Wildman–Crippen MR) is 118 cm³/mol. The Balaban J connectivity index is 1.74. The quantitative estimate of drug-likeness (QED) is 0.583. The van der Waals surface area contributed by atoms with Crippen LogP contribution >= 0.6 is 22.9 Å². The van der Waals surface area contributed by atoms with Crippen LogP contribution in [0.25, 0.3) is 0 Å². The smallest absolute Gasteiger partial charge is 0.242 e. The average Bonchev–Trinajstić information content (AvgIpc) is 3.24. The molecule has 1 aromatic heterocycles. The van der Waals surface area contributed by atoms with Crippen molar-refractivity contribution in [1.29, 1.82) is 0 Å². The van der Waals surface area contributed by atoms with Gasteiger partial charge in [-0.05, 0) is 47.7 Å². The number of thiophene rings is 1. The highest BCUT2D eigenvalue weighted by atomic mass is 35.5. The number of fused-ring (bicyclic) bond motifs is 1. The number of carbonyl (C=O) groups excluding carboxylic acids is 2. The van der Waals surface area contributed by atoms with E-state index in [0.29, 0.717) is 43.5 Å². The van der Waals surface area contributed by atoms with Crippen LogP contribution in [0.3, 0.4) is 0 Å². The van der Waals surface area contributed by atoms with Gasteiger partial charge in [0.15, 0.2) is 0 Å². The zero-order chi connectivity index (χ0) is 21.5. The van der Waals surface area contributed by atoms with Gasteiger partial charge in [0.05, 0.1) is 19.2 Å². The summed E-state index contributed by atoms with van der Waals surface area (Å²) >= 11 is 7.66. The summed E-state index contributed by atoms with van der Waals surface area (Å²) in [7, 11) is 1.59. The standard InChI is InChI=1S/C22H27ClN2O4S/c1-3-21(26)24(11-12-28-2)14-22(27)25-10-8-20-18(9-13-30-20)19(25)15-29-17-6-4-16(23)5-7-17/h4-7,9,13,19H,3,8,10-12,14-15H2,1-2H3/t19-/m1/s1. The molecule has 0 bridgehead atoms. The maximum absolute atomic E-state index is 13.2. The molecule has 0 N–H and O–H groups in total. The largest absolute Gasteiger partial charge is 0.491 e. The van der Waals surface area contributed by atoms with Gasteiger partial charge in [0.2, 0.25) is 11.8 Å². The molecule has 0 spiro atoms. The fourth-order valence-corrected chi connectivity index (χ4v) is 4.61. The fourth-order valence-electron chi connectivity index (χ4n) is 3.55. The summed E-state index contributed by atoms with van der Waals surface area (Å²) in [5.74, 6) is 0.578. The number of methoxy groups -OCH3 is 1. The fraction of sp³-hybridized carbons (Fsp3) is 0.455. The average molecular weight is 451 g/mol. The summed E-state index contributed by atoms with van der Waals surface area (Å²) < 4.78 is 11.1. The predicted octanol–water partition coefficient (Wildman–Crippen LogP) is 3.79. The van der Waals surface area contributed by atoms with Crippen LogP contribution in [-0.2, 0) is 20.7 Å². The van der Waals surface area contributed by atoms with Gasteiger partial charge < -0.3 is 19.3 Å². The molecule has 6 nitrogen and oxygen atoms in total. The van der Waals surface area contributed by atoms with Gasteiger partial charge in [0.25, 0.3) is 0 Å². The lowest BCUT2D eigenvalue weighted by atomic mass is 10.0. The normalized spacial score (nSPS) is 15.6. The zero-order valence-electron chi connectivity index (χ0n) is 17.3. The molecule has 30 heavy (non-hydrogen) atoms. The molecule has 1 aliphatic heterocycles. The lowest BCUT2D eigenvalue weighted by molar-refractivity contribution is -0.143. The zero-order valence-corrected chi connectivity index (χ0v) is 18.9. The van der Waals surface area contributed by atoms with Crippen LogP contribution in [0.15, 0.2) is 35.7 Å². The summed E-state index contributed by atoms with van der Waals surface area (Å²) in [5.41, 5.74) is 1.12. The minimum Gasteiger partial charge on any atom is -0.491 e. The second-order valence-corrected chi connectivity index (χ2v) is 8.52. The topological polar surface area (TPSA) is 59.1 Å². The van der Waals surface area contributed by atoms with Gasteiger partial charge in [-0.3, -0.25) is 9.59 Å². The Morgan fingerprint density at radius 2 is 2.03 bits per heavy atom. The molecule has 2 aromatic rings. The second-order valence-electron chi connectivity index (χ2n) is 7.08. The maximum Gasteiger partial charge on any atom is 0.242 e. The summed E-state index contributed by atoms with van der Waals surface area (Å²) in [5, 5.41) is 2.70. The van der Waals surface area contributed by atoms with Crippen molar-refractivity contribution < 1.29 is 19.1 Å². The molecule has 1 aromatic carbocycles. The third kappa shape index (κ3) is 5.53. The molecule has 0 aliphatic carbocycles. The van der Waals surface area contributed by atoms with Crippen molar-refractivity contribution >= 4 is 34.8 Å². The Kier molecular flexibility index (Phi) is 8.13. The molecular formula is C22H27ClN2O4S. The molecule has 0 fully saturated rings. The van der Waals surface area contributed by atoms with Crippen molar-refractivity contribution in [2.45, 2.75) is 25.8 Å². The molecule has 0 saturated carbocycles. The van der Waals surface area contributed by atoms with Crippen molar-refractivity contribution in [3.63, 3.8) is 0 Å². The van der Waals surface area contributed by atoms with E-state index in [1.54, 1.807) is 42.4 Å². The van der Waals surface area contributed by atoms with E-state index >= 15 is 0 Å². The number of hydrogen-bond donors (Lipinski definition) is 0. The molecule has 0 radical (unpaired) electrons. The van der Waals surface area contributed by atoms with E-state index in [4.69, 9.17) is 21.1 Å². The van der Waals surface area contributed by atoms with Crippen molar-refractivity contribution in [2.75, 3.05) is 40.0 Å². The van der Waals surface area contributed by atoms with Crippen LogP contribution in [0, 0.1) is 0 Å². The highest BCUT2D eigenvalue weighted by Gasteiger charge is 2.33. The summed E-state index contributed by atoms with van der Waals surface area (Å²) in [6.07, 6.45) is 1.17. The molecule has 3 rings (SSSR count). The summed E-state index contributed by atoms with van der Waals surface area (Å²) in [6, 6.07) is 9.07. The van der Waals surface area contributed by atoms with Gasteiger partial charge >= 0.3 is 0 Å². The molecule has 0 saturated heterocycles. The van der Waals surface area contributed by atoms with E-state index in [-0.39, 0.29) is 24.4 Å². The van der Waals surface area contributed by atoms with Crippen LogP contribution < -0.4 is 4.74 Å². The number of benzene rings is 1. The van der Waals surface area contributed by atoms with Crippen LogP contribution in [0.4, 0.5) is 0 Å². The Morgan fingerprint density at radius 1 is 1.27 bits per heavy atom. The molecule has 8 heteroatoms. The van der Waals surface area contributed by atoms with Crippen LogP contribution in [-0.4, -0.2) is 61.6 Å². The van der Waals surface area contributed by atoms with E-state index < -0.39 is 0 Å². The Hall–Kier alpha value is -2.09. The van der Waals surface area contributed by atoms with Crippen LogP contribution in [0.2, 0.25) is 5.02 Å². The molecule has 2 heterocycles. The minimum absolute atomic E-state index is 0.0486. The number of nitrogens with zero attached hydrogens (tertiary/aromatic N) is 2. The molecule has 162 valence electrons. The van der Waals surface area contributed by atoms with Gasteiger partial charge in [-0.2, -0.15) is 0 Å². The van der Waals surface area contributed by atoms with E-state index in [0.717, 1.165) is 12.0 Å². The van der Waals surface area contributed by atoms with Gasteiger partial charge in [-0.25, -0.2) is 0 Å². The summed E-state index contributed by atoms with van der Waals surface area (Å²) in [6.45, 7) is 3.60. The van der Waals surface area contributed by atoms with Crippen molar-refractivity contribution in [1.82, 2.24) is 9.80 Å². The highest BCUT2D eigenvalue weighted by molar-refractivity contribution is 7.10. The molecule has 1 atom stereocenters. The number of amides is 2. The maximum atomic E-state index is 13.2. The van der Waals surface area contributed by atoms with Gasteiger partial charge in [-0.1, -0.05) is 18.5 Å². The molecule has 0 unspecified atom stereocenters. The first-order valence-electron chi connectivity index (χ1n) is 10.0. The van der Waals surface area contributed by atoms with Crippen LogP contribution in [0.5, 0.6) is 5.75 Å². The Morgan fingerprint density at radius 3 is 2.73 bits per heavy atom.